The molecular formula is C24H28N4O2. The molecule has 30 heavy (non-hydrogen) atoms. The van der Waals surface area contributed by atoms with Gasteiger partial charge in [0.25, 0.3) is 0 Å². The van der Waals surface area contributed by atoms with E-state index in [-0.39, 0.29) is 11.8 Å². The third kappa shape index (κ3) is 4.76. The molecule has 1 amide bonds. The molecular weight excluding hydrogens is 376 g/mol. The fourth-order valence-electron chi connectivity index (χ4n) is 3.79. The fourth-order valence-corrected chi connectivity index (χ4v) is 3.79. The van der Waals surface area contributed by atoms with Gasteiger partial charge in [-0.25, -0.2) is 0 Å². The Morgan fingerprint density at radius 2 is 1.77 bits per heavy atom. The highest BCUT2D eigenvalue weighted by atomic mass is 16.5. The van der Waals surface area contributed by atoms with Crippen LogP contribution in [0.15, 0.2) is 47.0 Å². The van der Waals surface area contributed by atoms with Crippen molar-refractivity contribution in [2.75, 3.05) is 18.4 Å². The summed E-state index contributed by atoms with van der Waals surface area (Å²) in [5.74, 6) is 1.38. The lowest BCUT2D eigenvalue weighted by atomic mass is 9.95. The molecule has 0 aliphatic carbocycles. The zero-order valence-electron chi connectivity index (χ0n) is 17.8. The quantitative estimate of drug-likeness (QED) is 0.677. The molecule has 0 unspecified atom stereocenters. The number of likely N-dealkylation sites (tertiary alicyclic amines) is 1. The molecule has 1 aromatic heterocycles. The highest BCUT2D eigenvalue weighted by Gasteiger charge is 2.26. The van der Waals surface area contributed by atoms with Gasteiger partial charge in [-0.1, -0.05) is 47.1 Å². The second-order valence-electron chi connectivity index (χ2n) is 8.24. The zero-order chi connectivity index (χ0) is 21.1. The van der Waals surface area contributed by atoms with Gasteiger partial charge in [-0.3, -0.25) is 9.69 Å². The SMILES string of the molecule is Cc1ccc(-c2noc(CN3CCC(C(=O)Nc4cc(C)ccc4C)CC3)n2)cc1. The van der Waals surface area contributed by atoms with Crippen molar-refractivity contribution in [2.45, 2.75) is 40.2 Å². The molecule has 0 bridgehead atoms. The van der Waals surface area contributed by atoms with Crippen LogP contribution < -0.4 is 5.32 Å². The number of aromatic nitrogens is 2. The van der Waals surface area contributed by atoms with Gasteiger partial charge >= 0.3 is 0 Å². The summed E-state index contributed by atoms with van der Waals surface area (Å²) >= 11 is 0. The maximum atomic E-state index is 12.7. The van der Waals surface area contributed by atoms with Gasteiger partial charge in [-0.2, -0.15) is 4.98 Å². The second-order valence-corrected chi connectivity index (χ2v) is 8.24. The van der Waals surface area contributed by atoms with Gasteiger partial charge in [0.15, 0.2) is 0 Å². The summed E-state index contributed by atoms with van der Waals surface area (Å²) in [7, 11) is 0. The van der Waals surface area contributed by atoms with Gasteiger partial charge in [-0.05, 0) is 63.9 Å². The van der Waals surface area contributed by atoms with Crippen LogP contribution in [0.5, 0.6) is 0 Å². The first kappa shape index (κ1) is 20.3. The minimum absolute atomic E-state index is 0.0342. The van der Waals surface area contributed by atoms with E-state index in [2.05, 4.69) is 33.3 Å². The number of nitrogens with one attached hydrogen (secondary N) is 1. The van der Waals surface area contributed by atoms with Crippen LogP contribution in [-0.2, 0) is 11.3 Å². The number of hydrogen-bond acceptors (Lipinski definition) is 5. The molecule has 4 rings (SSSR count). The minimum atomic E-state index is 0.0342. The molecule has 1 N–H and O–H groups in total. The molecule has 6 nitrogen and oxygen atoms in total. The third-order valence-corrected chi connectivity index (χ3v) is 5.75. The molecule has 2 aromatic carbocycles. The van der Waals surface area contributed by atoms with Gasteiger partial charge in [0.05, 0.1) is 6.54 Å². The molecule has 0 saturated carbocycles. The van der Waals surface area contributed by atoms with Crippen molar-refractivity contribution in [1.82, 2.24) is 15.0 Å². The molecule has 0 atom stereocenters. The van der Waals surface area contributed by atoms with E-state index in [4.69, 9.17) is 4.52 Å². The summed E-state index contributed by atoms with van der Waals surface area (Å²) in [6, 6.07) is 14.2. The number of amides is 1. The Labute approximate surface area is 177 Å². The summed E-state index contributed by atoms with van der Waals surface area (Å²) in [4.78, 5) is 19.5. The van der Waals surface area contributed by atoms with Gasteiger partial charge in [0.2, 0.25) is 17.6 Å². The predicted molar refractivity (Wildman–Crippen MR) is 117 cm³/mol. The summed E-state index contributed by atoms with van der Waals surface area (Å²) in [5.41, 5.74) is 5.31. The Bertz CT molecular complexity index is 1020. The van der Waals surface area contributed by atoms with Crippen molar-refractivity contribution >= 4 is 11.6 Å². The lowest BCUT2D eigenvalue weighted by molar-refractivity contribution is -0.121. The average Bonchev–Trinajstić information content (AvgIpc) is 3.20. The highest BCUT2D eigenvalue weighted by Crippen LogP contribution is 2.23. The largest absolute Gasteiger partial charge is 0.338 e. The van der Waals surface area contributed by atoms with Crippen LogP contribution in [0, 0.1) is 26.7 Å². The number of piperidine rings is 1. The van der Waals surface area contributed by atoms with Gasteiger partial charge in [0.1, 0.15) is 0 Å². The molecule has 1 fully saturated rings. The van der Waals surface area contributed by atoms with Gasteiger partial charge in [0, 0.05) is 17.2 Å². The summed E-state index contributed by atoms with van der Waals surface area (Å²) in [6.07, 6.45) is 1.66. The molecule has 1 aliphatic rings. The van der Waals surface area contributed by atoms with E-state index < -0.39 is 0 Å². The molecule has 0 radical (unpaired) electrons. The molecule has 1 saturated heterocycles. The maximum Gasteiger partial charge on any atom is 0.241 e. The lowest BCUT2D eigenvalue weighted by Gasteiger charge is -2.30. The van der Waals surface area contributed by atoms with E-state index in [0.29, 0.717) is 18.3 Å². The van der Waals surface area contributed by atoms with Crippen LogP contribution in [0.3, 0.4) is 0 Å². The molecule has 3 aromatic rings. The predicted octanol–water partition coefficient (Wildman–Crippen LogP) is 4.51. The Hall–Kier alpha value is -2.99. The van der Waals surface area contributed by atoms with E-state index in [0.717, 1.165) is 48.3 Å². The van der Waals surface area contributed by atoms with Gasteiger partial charge < -0.3 is 9.84 Å². The number of nitrogens with zero attached hydrogens (tertiary/aromatic N) is 3. The van der Waals surface area contributed by atoms with Crippen LogP contribution >= 0.6 is 0 Å². The Morgan fingerprint density at radius 1 is 1.07 bits per heavy atom. The Balaban J connectivity index is 1.30. The van der Waals surface area contributed by atoms with E-state index in [9.17, 15) is 4.79 Å². The number of anilines is 1. The first-order valence-electron chi connectivity index (χ1n) is 10.5. The summed E-state index contributed by atoms with van der Waals surface area (Å²) < 4.78 is 5.45. The first-order chi connectivity index (χ1) is 14.5. The van der Waals surface area contributed by atoms with Crippen LogP contribution in [0.2, 0.25) is 0 Å². The normalized spacial score (nSPS) is 15.3. The van der Waals surface area contributed by atoms with Gasteiger partial charge in [-0.15, -0.1) is 0 Å². The standard InChI is InChI=1S/C24H28N4O2/c1-16-5-8-19(9-6-16)23-26-22(30-27-23)15-28-12-10-20(11-13-28)24(29)25-21-14-17(2)4-7-18(21)3/h4-9,14,20H,10-13,15H2,1-3H3,(H,25,29). The summed E-state index contributed by atoms with van der Waals surface area (Å²) in [6.45, 7) is 8.41. The fraction of sp³-hybridized carbons (Fsp3) is 0.375. The Morgan fingerprint density at radius 3 is 2.50 bits per heavy atom. The van der Waals surface area contributed by atoms with Crippen molar-refractivity contribution in [1.29, 1.82) is 0 Å². The Kier molecular flexibility index (Phi) is 5.95. The van der Waals surface area contributed by atoms with E-state index in [1.54, 1.807) is 0 Å². The summed E-state index contributed by atoms with van der Waals surface area (Å²) in [5, 5.41) is 7.22. The maximum absolute atomic E-state index is 12.7. The third-order valence-electron chi connectivity index (χ3n) is 5.75. The number of rotatable bonds is 5. The van der Waals surface area contributed by atoms with Crippen molar-refractivity contribution in [3.05, 3.63) is 65.0 Å². The number of hydrogen-bond donors (Lipinski definition) is 1. The lowest BCUT2D eigenvalue weighted by Crippen LogP contribution is -2.37. The van der Waals surface area contributed by atoms with Crippen LogP contribution in [0.25, 0.3) is 11.4 Å². The van der Waals surface area contributed by atoms with Crippen molar-refractivity contribution in [3.8, 4) is 11.4 Å². The number of carbonyl (C=O) groups is 1. The number of aryl methyl sites for hydroxylation is 3. The van der Waals surface area contributed by atoms with Crippen LogP contribution in [0.4, 0.5) is 5.69 Å². The van der Waals surface area contributed by atoms with E-state index in [1.807, 2.05) is 50.2 Å². The molecule has 6 heteroatoms. The average molecular weight is 405 g/mol. The van der Waals surface area contributed by atoms with Crippen LogP contribution in [0.1, 0.15) is 35.4 Å². The van der Waals surface area contributed by atoms with Crippen molar-refractivity contribution in [2.24, 2.45) is 5.92 Å². The van der Waals surface area contributed by atoms with Crippen molar-refractivity contribution < 1.29 is 9.32 Å². The van der Waals surface area contributed by atoms with E-state index in [1.165, 1.54) is 5.56 Å². The zero-order valence-corrected chi connectivity index (χ0v) is 17.8. The number of benzene rings is 2. The molecule has 156 valence electrons. The monoisotopic (exact) mass is 404 g/mol. The topological polar surface area (TPSA) is 71.3 Å². The highest BCUT2D eigenvalue weighted by molar-refractivity contribution is 5.93. The second kappa shape index (κ2) is 8.79. The molecule has 0 spiro atoms. The van der Waals surface area contributed by atoms with Crippen LogP contribution in [-0.4, -0.2) is 34.0 Å². The smallest absolute Gasteiger partial charge is 0.241 e. The first-order valence-corrected chi connectivity index (χ1v) is 10.5. The molecule has 1 aliphatic heterocycles. The molecule has 2 heterocycles. The minimum Gasteiger partial charge on any atom is -0.338 e. The number of carbonyl (C=O) groups excluding carboxylic acids is 1. The van der Waals surface area contributed by atoms with Crippen molar-refractivity contribution in [3.63, 3.8) is 0 Å². The van der Waals surface area contributed by atoms with E-state index >= 15 is 0 Å².